The summed E-state index contributed by atoms with van der Waals surface area (Å²) in [5.74, 6) is -72.9. The van der Waals surface area contributed by atoms with Gasteiger partial charge >= 0.3 is 59.7 Å². The van der Waals surface area contributed by atoms with Crippen molar-refractivity contribution in [3.8, 4) is 5.75 Å². The lowest BCUT2D eigenvalue weighted by atomic mass is 9.87. The van der Waals surface area contributed by atoms with Crippen LogP contribution in [-0.4, -0.2) is 59.7 Å². The number of hydrogen-bond donors (Lipinski definition) is 2. The molecule has 0 heterocycles. The normalized spacial score (nSPS) is 15.8. The summed E-state index contributed by atoms with van der Waals surface area (Å²) < 4.78 is 284. The first-order chi connectivity index (χ1) is 17.5. The first-order valence-electron chi connectivity index (χ1n) is 9.36. The highest BCUT2D eigenvalue weighted by molar-refractivity contribution is 5.62. The highest BCUT2D eigenvalue weighted by Gasteiger charge is 2.98. The van der Waals surface area contributed by atoms with Crippen molar-refractivity contribution >= 4 is 11.4 Å². The lowest BCUT2D eigenvalue weighted by Crippen LogP contribution is -2.77. The van der Waals surface area contributed by atoms with Crippen molar-refractivity contribution in [2.45, 2.75) is 66.6 Å². The van der Waals surface area contributed by atoms with E-state index in [1.807, 2.05) is 0 Å². The van der Waals surface area contributed by atoms with E-state index >= 15 is 0 Å². The average Bonchev–Trinajstić information content (AvgIpc) is 2.74. The van der Waals surface area contributed by atoms with Gasteiger partial charge in [-0.1, -0.05) is 0 Å². The van der Waals surface area contributed by atoms with Crippen LogP contribution in [0.3, 0.4) is 0 Å². The van der Waals surface area contributed by atoms with Crippen LogP contribution in [0, 0.1) is 6.92 Å². The molecule has 1 aromatic rings. The minimum atomic E-state index is -9.24. The Balaban J connectivity index is 3.79. The van der Waals surface area contributed by atoms with Crippen molar-refractivity contribution in [1.82, 2.24) is 0 Å². The van der Waals surface area contributed by atoms with Gasteiger partial charge in [-0.05, 0) is 13.0 Å². The van der Waals surface area contributed by atoms with Gasteiger partial charge in [-0.25, -0.2) is 0 Å². The number of benzene rings is 1. The van der Waals surface area contributed by atoms with Gasteiger partial charge in [0.15, 0.2) is 0 Å². The number of nitrogens with two attached hydrogens (primary N) is 2. The van der Waals surface area contributed by atoms with E-state index in [0.717, 1.165) is 0 Å². The van der Waals surface area contributed by atoms with Crippen LogP contribution in [0.15, 0.2) is 12.1 Å². The maximum absolute atomic E-state index is 14.0. The Morgan fingerprint density at radius 2 is 0.756 bits per heavy atom. The zero-order valence-corrected chi connectivity index (χ0v) is 18.7. The number of alkyl halides is 21. The molecule has 0 saturated heterocycles. The van der Waals surface area contributed by atoms with Crippen molar-refractivity contribution in [3.05, 3.63) is 17.7 Å². The zero-order valence-electron chi connectivity index (χ0n) is 18.7. The summed E-state index contributed by atoms with van der Waals surface area (Å²) in [6.07, 6.45) is -15.3. The number of ether oxygens (including phenoxy) is 1. The molecule has 41 heavy (non-hydrogen) atoms. The van der Waals surface area contributed by atoms with Gasteiger partial charge in [0.1, 0.15) is 5.75 Å². The Bertz CT molecular complexity index is 1140. The fraction of sp³-hybridized carbons (Fsp3) is 0.647. The first kappa shape index (κ1) is 36.2. The Hall–Kier alpha value is -2.85. The molecular weight excluding hydrogens is 647 g/mol. The molecule has 3 nitrogen and oxygen atoms in total. The predicted octanol–water partition coefficient (Wildman–Crippen LogP) is 7.78. The van der Waals surface area contributed by atoms with E-state index in [1.165, 1.54) is 0 Å². The van der Waals surface area contributed by atoms with Crippen molar-refractivity contribution < 1.29 is 96.9 Å². The molecule has 4 N–H and O–H groups in total. The quantitative estimate of drug-likeness (QED) is 0.200. The van der Waals surface area contributed by atoms with Crippen LogP contribution < -0.4 is 16.2 Å². The molecular formula is C17H9F21N2O. The average molecular weight is 656 g/mol. The van der Waals surface area contributed by atoms with Crippen LogP contribution in [0.5, 0.6) is 5.75 Å². The van der Waals surface area contributed by atoms with Gasteiger partial charge in [-0.3, -0.25) is 0 Å². The minimum absolute atomic E-state index is 0.0538. The van der Waals surface area contributed by atoms with E-state index in [9.17, 15) is 92.2 Å². The highest BCUT2D eigenvalue weighted by atomic mass is 19.4. The third-order valence-electron chi connectivity index (χ3n) is 5.14. The fourth-order valence-corrected chi connectivity index (χ4v) is 2.58. The Morgan fingerprint density at radius 1 is 0.463 bits per heavy atom. The van der Waals surface area contributed by atoms with Gasteiger partial charge in [0.2, 0.25) is 0 Å². The standard InChI is InChI=1S/C17H9F21N2O/c1-4-6(40)2-5(39)3-7(4)41-17(37,38)15(32,33)13(28,29)11(24,25)9(20,21)8(18,19)10(22,23)12(26,27)14(30,31)16(34,35)36/h2-3H,39-40H2,1H3. The summed E-state index contributed by atoms with van der Waals surface area (Å²) in [7, 11) is 0. The van der Waals surface area contributed by atoms with E-state index in [0.29, 0.717) is 13.0 Å². The summed E-state index contributed by atoms with van der Waals surface area (Å²) in [5.41, 5.74) is 7.71. The third kappa shape index (κ3) is 4.67. The maximum atomic E-state index is 14.0. The molecule has 0 amide bonds. The summed E-state index contributed by atoms with van der Waals surface area (Å²) in [5, 5.41) is 0. The van der Waals surface area contributed by atoms with Crippen molar-refractivity contribution in [2.24, 2.45) is 0 Å². The molecule has 240 valence electrons. The molecule has 0 aromatic heterocycles. The van der Waals surface area contributed by atoms with Crippen LogP contribution in [0.25, 0.3) is 0 Å². The van der Waals surface area contributed by atoms with Crippen LogP contribution in [0.2, 0.25) is 0 Å². The Labute approximate surface area is 211 Å². The first-order valence-corrected chi connectivity index (χ1v) is 9.36. The SMILES string of the molecule is Cc1c(N)cc(N)cc1OC(F)(F)C(F)(F)C(F)(F)C(F)(F)C(F)(F)C(F)(F)C(F)(F)C(F)(F)C(F)(F)C(F)(F)F. The smallest absolute Gasteiger partial charge is 0.427 e. The number of rotatable bonds is 10. The van der Waals surface area contributed by atoms with Crippen LogP contribution in [0.4, 0.5) is 104 Å². The van der Waals surface area contributed by atoms with Crippen molar-refractivity contribution in [1.29, 1.82) is 0 Å². The number of hydrogen-bond acceptors (Lipinski definition) is 3. The summed E-state index contributed by atoms with van der Waals surface area (Å²) in [4.78, 5) is 0. The summed E-state index contributed by atoms with van der Waals surface area (Å²) in [6.45, 7) is 0.582. The lowest BCUT2D eigenvalue weighted by molar-refractivity contribution is -0.480. The largest absolute Gasteiger partial charge is 0.471 e. The van der Waals surface area contributed by atoms with Gasteiger partial charge in [-0.15, -0.1) is 0 Å². The maximum Gasteiger partial charge on any atom is 0.471 e. The Kier molecular flexibility index (Phi) is 8.23. The van der Waals surface area contributed by atoms with Crippen molar-refractivity contribution in [2.75, 3.05) is 11.5 Å². The Morgan fingerprint density at radius 3 is 1.07 bits per heavy atom. The molecule has 0 fully saturated rings. The van der Waals surface area contributed by atoms with Gasteiger partial charge in [0.25, 0.3) is 0 Å². The molecule has 24 heteroatoms. The second-order valence-electron chi connectivity index (χ2n) is 7.95. The molecule has 1 aromatic carbocycles. The van der Waals surface area contributed by atoms with Gasteiger partial charge < -0.3 is 16.2 Å². The molecule has 0 aliphatic heterocycles. The van der Waals surface area contributed by atoms with Crippen molar-refractivity contribution in [3.63, 3.8) is 0 Å². The lowest BCUT2D eigenvalue weighted by Gasteiger charge is -2.44. The number of nitrogen functional groups attached to an aromatic ring is 2. The van der Waals surface area contributed by atoms with Gasteiger partial charge in [0.05, 0.1) is 0 Å². The van der Waals surface area contributed by atoms with Crippen LogP contribution in [0.1, 0.15) is 5.56 Å². The second-order valence-corrected chi connectivity index (χ2v) is 7.95. The van der Waals surface area contributed by atoms with E-state index in [2.05, 4.69) is 4.74 Å². The molecule has 0 atom stereocenters. The third-order valence-corrected chi connectivity index (χ3v) is 5.14. The van der Waals surface area contributed by atoms with Crippen LogP contribution >= 0.6 is 0 Å². The molecule has 0 radical (unpaired) electrons. The zero-order chi connectivity index (χ0) is 33.4. The molecule has 0 spiro atoms. The topological polar surface area (TPSA) is 61.3 Å². The minimum Gasteiger partial charge on any atom is -0.427 e. The van der Waals surface area contributed by atoms with E-state index in [-0.39, 0.29) is 6.07 Å². The summed E-state index contributed by atoms with van der Waals surface area (Å²) in [6, 6.07) is 0.723. The van der Waals surface area contributed by atoms with Crippen LogP contribution in [-0.2, 0) is 0 Å². The number of halogens is 21. The summed E-state index contributed by atoms with van der Waals surface area (Å²) >= 11 is 0. The predicted molar refractivity (Wildman–Crippen MR) is 91.2 cm³/mol. The monoisotopic (exact) mass is 656 g/mol. The van der Waals surface area contributed by atoms with E-state index < -0.39 is 82.4 Å². The van der Waals surface area contributed by atoms with Gasteiger partial charge in [0, 0.05) is 23.0 Å². The molecule has 0 aliphatic carbocycles. The molecule has 0 unspecified atom stereocenters. The second kappa shape index (κ2) is 9.33. The molecule has 0 aliphatic rings. The van der Waals surface area contributed by atoms with E-state index in [4.69, 9.17) is 11.5 Å². The molecule has 1 rings (SSSR count). The number of anilines is 2. The van der Waals surface area contributed by atoms with E-state index in [1.54, 1.807) is 0 Å². The fourth-order valence-electron chi connectivity index (χ4n) is 2.58. The molecule has 0 bridgehead atoms. The van der Waals surface area contributed by atoms with Gasteiger partial charge in [-0.2, -0.15) is 92.2 Å². The molecule has 0 saturated carbocycles. The highest BCUT2D eigenvalue weighted by Crippen LogP contribution is 2.66.